The minimum absolute atomic E-state index is 0.0815. The van der Waals surface area contributed by atoms with Gasteiger partial charge >= 0.3 is 6.03 Å². The van der Waals surface area contributed by atoms with Crippen molar-refractivity contribution < 1.29 is 9.59 Å². The van der Waals surface area contributed by atoms with Gasteiger partial charge < -0.3 is 15.1 Å². The standard InChI is InChI=1S/C15H20ClN3O2/c1-17-15(21)19-8-2-7-18(9-10-19)14(20)11-12-3-5-13(16)6-4-12/h3-6H,2,7-11H2,1H3,(H,17,21). The van der Waals surface area contributed by atoms with Crippen molar-refractivity contribution in [3.05, 3.63) is 34.9 Å². The molecule has 1 fully saturated rings. The summed E-state index contributed by atoms with van der Waals surface area (Å²) in [5.41, 5.74) is 0.955. The van der Waals surface area contributed by atoms with Crippen LogP contribution in [0.25, 0.3) is 0 Å². The Balaban J connectivity index is 1.91. The third kappa shape index (κ3) is 4.36. The fourth-order valence-corrected chi connectivity index (χ4v) is 2.54. The molecule has 0 radical (unpaired) electrons. The Labute approximate surface area is 129 Å². The first kappa shape index (κ1) is 15.6. The number of amides is 3. The summed E-state index contributed by atoms with van der Waals surface area (Å²) in [5, 5.41) is 3.29. The monoisotopic (exact) mass is 309 g/mol. The highest BCUT2D eigenvalue weighted by molar-refractivity contribution is 6.30. The highest BCUT2D eigenvalue weighted by Gasteiger charge is 2.21. The number of rotatable bonds is 2. The molecule has 6 heteroatoms. The van der Waals surface area contributed by atoms with Crippen LogP contribution in [0, 0.1) is 0 Å². The van der Waals surface area contributed by atoms with Crippen molar-refractivity contribution in [2.45, 2.75) is 12.8 Å². The van der Waals surface area contributed by atoms with Crippen LogP contribution >= 0.6 is 11.6 Å². The summed E-state index contributed by atoms with van der Waals surface area (Å²) in [6.07, 6.45) is 1.18. The van der Waals surface area contributed by atoms with E-state index in [0.717, 1.165) is 12.0 Å². The molecule has 114 valence electrons. The van der Waals surface area contributed by atoms with Crippen LogP contribution in [0.15, 0.2) is 24.3 Å². The number of carbonyl (C=O) groups is 2. The lowest BCUT2D eigenvalue weighted by Crippen LogP contribution is -2.41. The quantitative estimate of drug-likeness (QED) is 0.905. The van der Waals surface area contributed by atoms with Crippen molar-refractivity contribution in [2.75, 3.05) is 33.2 Å². The van der Waals surface area contributed by atoms with Crippen LogP contribution in [-0.4, -0.2) is 55.0 Å². The van der Waals surface area contributed by atoms with E-state index in [2.05, 4.69) is 5.32 Å². The largest absolute Gasteiger partial charge is 0.341 e. The molecule has 0 spiro atoms. The van der Waals surface area contributed by atoms with Crippen LogP contribution in [-0.2, 0) is 11.2 Å². The number of halogens is 1. The average molecular weight is 310 g/mol. The Morgan fingerprint density at radius 1 is 1.10 bits per heavy atom. The van der Waals surface area contributed by atoms with Crippen molar-refractivity contribution in [1.82, 2.24) is 15.1 Å². The predicted octanol–water partition coefficient (Wildman–Crippen LogP) is 1.76. The topological polar surface area (TPSA) is 52.7 Å². The second-order valence-electron chi connectivity index (χ2n) is 5.08. The van der Waals surface area contributed by atoms with E-state index in [-0.39, 0.29) is 11.9 Å². The van der Waals surface area contributed by atoms with Gasteiger partial charge in [0.1, 0.15) is 0 Å². The van der Waals surface area contributed by atoms with Crippen LogP contribution in [0.2, 0.25) is 5.02 Å². The van der Waals surface area contributed by atoms with Crippen molar-refractivity contribution in [2.24, 2.45) is 0 Å². The lowest BCUT2D eigenvalue weighted by molar-refractivity contribution is -0.130. The first-order valence-electron chi connectivity index (χ1n) is 7.09. The summed E-state index contributed by atoms with van der Waals surface area (Å²) in [5.74, 6) is 0.0936. The highest BCUT2D eigenvalue weighted by atomic mass is 35.5. The molecule has 1 aliphatic heterocycles. The van der Waals surface area contributed by atoms with Crippen molar-refractivity contribution in [3.8, 4) is 0 Å². The van der Waals surface area contributed by atoms with Crippen molar-refractivity contribution in [3.63, 3.8) is 0 Å². The Hall–Kier alpha value is -1.75. The predicted molar refractivity (Wildman–Crippen MR) is 82.4 cm³/mol. The van der Waals surface area contributed by atoms with Gasteiger partial charge in [0.2, 0.25) is 5.91 Å². The summed E-state index contributed by atoms with van der Waals surface area (Å²) < 4.78 is 0. The third-order valence-corrected chi connectivity index (χ3v) is 3.87. The normalized spacial score (nSPS) is 15.5. The van der Waals surface area contributed by atoms with Gasteiger partial charge in [0, 0.05) is 38.2 Å². The van der Waals surface area contributed by atoms with E-state index in [0.29, 0.717) is 37.6 Å². The van der Waals surface area contributed by atoms with Gasteiger partial charge in [0.15, 0.2) is 0 Å². The molecule has 1 N–H and O–H groups in total. The summed E-state index contributed by atoms with van der Waals surface area (Å²) in [6.45, 7) is 2.54. The van der Waals surface area contributed by atoms with Gasteiger partial charge in [-0.1, -0.05) is 23.7 Å². The summed E-state index contributed by atoms with van der Waals surface area (Å²) >= 11 is 5.84. The fraction of sp³-hybridized carbons (Fsp3) is 0.467. The molecular formula is C15H20ClN3O2. The van der Waals surface area contributed by atoms with Gasteiger partial charge in [0.25, 0.3) is 0 Å². The van der Waals surface area contributed by atoms with Gasteiger partial charge in [-0.3, -0.25) is 4.79 Å². The number of hydrogen-bond donors (Lipinski definition) is 1. The number of nitrogens with one attached hydrogen (secondary N) is 1. The first-order chi connectivity index (χ1) is 10.1. The van der Waals surface area contributed by atoms with Gasteiger partial charge in [-0.25, -0.2) is 4.79 Å². The van der Waals surface area contributed by atoms with Gasteiger partial charge in [-0.05, 0) is 24.1 Å². The number of urea groups is 1. The van der Waals surface area contributed by atoms with Crippen molar-refractivity contribution in [1.29, 1.82) is 0 Å². The van der Waals surface area contributed by atoms with Crippen LogP contribution in [0.5, 0.6) is 0 Å². The Kier molecular flexibility index (Phi) is 5.44. The minimum atomic E-state index is -0.0815. The van der Waals surface area contributed by atoms with E-state index < -0.39 is 0 Å². The molecule has 1 aromatic carbocycles. The molecule has 3 amide bonds. The molecule has 0 aliphatic carbocycles. The number of benzene rings is 1. The second kappa shape index (κ2) is 7.31. The van der Waals surface area contributed by atoms with E-state index >= 15 is 0 Å². The van der Waals surface area contributed by atoms with Crippen LogP contribution < -0.4 is 5.32 Å². The number of carbonyl (C=O) groups excluding carboxylic acids is 2. The van der Waals surface area contributed by atoms with Crippen LogP contribution in [0.4, 0.5) is 4.79 Å². The summed E-state index contributed by atoms with van der Waals surface area (Å²) in [4.78, 5) is 27.5. The van der Waals surface area contributed by atoms with E-state index in [4.69, 9.17) is 11.6 Å². The van der Waals surface area contributed by atoms with E-state index in [1.165, 1.54) is 0 Å². The Morgan fingerprint density at radius 2 is 1.71 bits per heavy atom. The maximum absolute atomic E-state index is 12.3. The lowest BCUT2D eigenvalue weighted by atomic mass is 10.1. The van der Waals surface area contributed by atoms with Crippen LogP contribution in [0.1, 0.15) is 12.0 Å². The number of nitrogens with zero attached hydrogens (tertiary/aromatic N) is 2. The first-order valence-corrected chi connectivity index (χ1v) is 7.47. The summed E-state index contributed by atoms with van der Waals surface area (Å²) in [6, 6.07) is 7.24. The molecule has 0 atom stereocenters. The molecule has 1 aromatic rings. The van der Waals surface area contributed by atoms with E-state index in [1.807, 2.05) is 17.0 Å². The minimum Gasteiger partial charge on any atom is -0.341 e. The molecule has 0 bridgehead atoms. The van der Waals surface area contributed by atoms with E-state index in [1.54, 1.807) is 24.1 Å². The zero-order chi connectivity index (χ0) is 15.2. The molecule has 21 heavy (non-hydrogen) atoms. The zero-order valence-electron chi connectivity index (χ0n) is 12.1. The van der Waals surface area contributed by atoms with Gasteiger partial charge in [0.05, 0.1) is 6.42 Å². The third-order valence-electron chi connectivity index (χ3n) is 3.62. The smallest absolute Gasteiger partial charge is 0.317 e. The lowest BCUT2D eigenvalue weighted by Gasteiger charge is -2.22. The Morgan fingerprint density at radius 3 is 2.38 bits per heavy atom. The zero-order valence-corrected chi connectivity index (χ0v) is 12.9. The maximum Gasteiger partial charge on any atom is 0.317 e. The summed E-state index contributed by atoms with van der Waals surface area (Å²) in [7, 11) is 1.62. The molecule has 1 heterocycles. The molecule has 0 saturated carbocycles. The Bertz CT molecular complexity index is 504. The van der Waals surface area contributed by atoms with E-state index in [9.17, 15) is 9.59 Å². The molecule has 0 aromatic heterocycles. The molecule has 1 aliphatic rings. The van der Waals surface area contributed by atoms with Crippen LogP contribution in [0.3, 0.4) is 0 Å². The average Bonchev–Trinajstić information content (AvgIpc) is 2.75. The molecule has 0 unspecified atom stereocenters. The highest BCUT2D eigenvalue weighted by Crippen LogP contribution is 2.12. The maximum atomic E-state index is 12.3. The molecule has 2 rings (SSSR count). The van der Waals surface area contributed by atoms with Gasteiger partial charge in [-0.2, -0.15) is 0 Å². The second-order valence-corrected chi connectivity index (χ2v) is 5.52. The molecular weight excluding hydrogens is 290 g/mol. The van der Waals surface area contributed by atoms with Gasteiger partial charge in [-0.15, -0.1) is 0 Å². The SMILES string of the molecule is CNC(=O)N1CCCN(C(=O)Cc2ccc(Cl)cc2)CC1. The van der Waals surface area contributed by atoms with Crippen molar-refractivity contribution >= 4 is 23.5 Å². The number of hydrogen-bond acceptors (Lipinski definition) is 2. The molecule has 1 saturated heterocycles. The molecule has 5 nitrogen and oxygen atoms in total. The fourth-order valence-electron chi connectivity index (χ4n) is 2.42.